The maximum absolute atomic E-state index is 2.22. The minimum absolute atomic E-state index is 1.32. The lowest BCUT2D eigenvalue weighted by Gasteiger charge is -1.99. The van der Waals surface area contributed by atoms with Crippen molar-refractivity contribution < 1.29 is 0 Å². The highest BCUT2D eigenvalue weighted by molar-refractivity contribution is 7.98. The summed E-state index contributed by atoms with van der Waals surface area (Å²) < 4.78 is 0. The highest BCUT2D eigenvalue weighted by Gasteiger charge is 1.92. The van der Waals surface area contributed by atoms with Gasteiger partial charge >= 0.3 is 0 Å². The molecular formula is C11H10S. The molecule has 0 spiro atoms. The number of thioether (sulfide) groups is 1. The third-order valence-corrected chi connectivity index (χ3v) is 2.68. The predicted molar refractivity (Wildman–Crippen MR) is 55.7 cm³/mol. The molecule has 0 aliphatic carbocycles. The second-order valence-corrected chi connectivity index (χ2v) is 3.59. The van der Waals surface area contributed by atoms with Crippen molar-refractivity contribution in [2.24, 2.45) is 0 Å². The van der Waals surface area contributed by atoms with Gasteiger partial charge in [0.25, 0.3) is 0 Å². The van der Waals surface area contributed by atoms with Crippen LogP contribution in [0.5, 0.6) is 0 Å². The van der Waals surface area contributed by atoms with Crippen molar-refractivity contribution in [1.82, 2.24) is 0 Å². The Balaban J connectivity index is 2.67. The van der Waals surface area contributed by atoms with Crippen LogP contribution >= 0.6 is 11.8 Å². The topological polar surface area (TPSA) is 0 Å². The number of fused-ring (bicyclic) bond motifs is 1. The monoisotopic (exact) mass is 174 g/mol. The molecule has 0 atom stereocenters. The van der Waals surface area contributed by atoms with E-state index in [0.717, 1.165) is 0 Å². The van der Waals surface area contributed by atoms with Crippen molar-refractivity contribution in [3.63, 3.8) is 0 Å². The molecule has 0 aliphatic rings. The first-order valence-electron chi connectivity index (χ1n) is 3.93. The Hall–Kier alpha value is -0.950. The van der Waals surface area contributed by atoms with E-state index in [-0.39, 0.29) is 0 Å². The fourth-order valence-electron chi connectivity index (χ4n) is 1.29. The first kappa shape index (κ1) is 7.69. The normalized spacial score (nSPS) is 10.4. The third-order valence-electron chi connectivity index (χ3n) is 1.96. The third kappa shape index (κ3) is 1.32. The van der Waals surface area contributed by atoms with E-state index in [0.29, 0.717) is 0 Å². The molecule has 0 unspecified atom stereocenters. The minimum Gasteiger partial charge on any atom is -0.130 e. The van der Waals surface area contributed by atoms with Gasteiger partial charge in [-0.25, -0.2) is 0 Å². The maximum Gasteiger partial charge on any atom is 0.00755 e. The Morgan fingerprint density at radius 2 is 1.67 bits per heavy atom. The van der Waals surface area contributed by atoms with Crippen LogP contribution in [0.2, 0.25) is 0 Å². The molecule has 0 N–H and O–H groups in total. The van der Waals surface area contributed by atoms with Crippen LogP contribution in [0, 0.1) is 0 Å². The smallest absolute Gasteiger partial charge is 0.00755 e. The van der Waals surface area contributed by atoms with Crippen LogP contribution < -0.4 is 0 Å². The molecule has 0 saturated heterocycles. The van der Waals surface area contributed by atoms with Crippen molar-refractivity contribution in [1.29, 1.82) is 0 Å². The van der Waals surface area contributed by atoms with Gasteiger partial charge in [-0.3, -0.25) is 0 Å². The molecular weight excluding hydrogens is 164 g/mol. The van der Waals surface area contributed by atoms with E-state index in [1.54, 1.807) is 11.8 Å². The minimum atomic E-state index is 1.32. The Morgan fingerprint density at radius 1 is 0.917 bits per heavy atom. The average Bonchev–Trinajstić information content (AvgIpc) is 2.17. The van der Waals surface area contributed by atoms with Gasteiger partial charge in [0.1, 0.15) is 0 Å². The number of benzene rings is 2. The average molecular weight is 174 g/mol. The second-order valence-electron chi connectivity index (χ2n) is 2.71. The Kier molecular flexibility index (Phi) is 2.05. The Bertz CT molecular complexity index is 393. The molecule has 0 nitrogen and oxygen atoms in total. The van der Waals surface area contributed by atoms with Crippen molar-refractivity contribution in [2.45, 2.75) is 4.90 Å². The molecule has 0 radical (unpaired) electrons. The fraction of sp³-hybridized carbons (Fsp3) is 0.0909. The molecule has 0 fully saturated rings. The molecule has 0 bridgehead atoms. The van der Waals surface area contributed by atoms with Crippen molar-refractivity contribution >= 4 is 22.5 Å². The van der Waals surface area contributed by atoms with E-state index in [9.17, 15) is 0 Å². The standard InChI is InChI=1S/C11H10S/c1-12-11-7-6-9-4-2-3-5-10(9)8-11/h2-8H,1H3. The summed E-state index contributed by atoms with van der Waals surface area (Å²) in [6, 6.07) is 15.0. The maximum atomic E-state index is 2.22. The van der Waals surface area contributed by atoms with Gasteiger partial charge in [-0.2, -0.15) is 0 Å². The molecule has 1 heteroatoms. The lowest BCUT2D eigenvalue weighted by Crippen LogP contribution is -1.72. The summed E-state index contributed by atoms with van der Waals surface area (Å²) in [4.78, 5) is 1.33. The van der Waals surface area contributed by atoms with E-state index < -0.39 is 0 Å². The molecule has 0 aliphatic heterocycles. The zero-order chi connectivity index (χ0) is 8.39. The van der Waals surface area contributed by atoms with E-state index in [1.807, 2.05) is 0 Å². The first-order chi connectivity index (χ1) is 5.90. The number of hydrogen-bond donors (Lipinski definition) is 0. The number of rotatable bonds is 1. The predicted octanol–water partition coefficient (Wildman–Crippen LogP) is 3.56. The SMILES string of the molecule is CSc1ccc2ccccc2c1. The Morgan fingerprint density at radius 3 is 2.42 bits per heavy atom. The highest BCUT2D eigenvalue weighted by Crippen LogP contribution is 2.21. The van der Waals surface area contributed by atoms with E-state index in [1.165, 1.54) is 15.7 Å². The van der Waals surface area contributed by atoms with Crippen LogP contribution in [0.3, 0.4) is 0 Å². The van der Waals surface area contributed by atoms with Crippen molar-refractivity contribution in [2.75, 3.05) is 6.26 Å². The summed E-state index contributed by atoms with van der Waals surface area (Å²) in [5, 5.41) is 2.64. The van der Waals surface area contributed by atoms with Crippen LogP contribution in [0.1, 0.15) is 0 Å². The molecule has 2 aromatic rings. The van der Waals surface area contributed by atoms with Gasteiger partial charge in [0.2, 0.25) is 0 Å². The highest BCUT2D eigenvalue weighted by atomic mass is 32.2. The van der Waals surface area contributed by atoms with Crippen LogP contribution in [-0.2, 0) is 0 Å². The van der Waals surface area contributed by atoms with Gasteiger partial charge in [-0.05, 0) is 29.2 Å². The molecule has 2 rings (SSSR count). The lowest BCUT2D eigenvalue weighted by molar-refractivity contribution is 1.51. The molecule has 2 aromatic carbocycles. The van der Waals surface area contributed by atoms with Crippen LogP contribution in [0.15, 0.2) is 47.4 Å². The summed E-state index contributed by atoms with van der Waals surface area (Å²) in [6.07, 6.45) is 2.10. The molecule has 12 heavy (non-hydrogen) atoms. The summed E-state index contributed by atoms with van der Waals surface area (Å²) in [6.45, 7) is 0. The van der Waals surface area contributed by atoms with Gasteiger partial charge in [0, 0.05) is 4.90 Å². The zero-order valence-corrected chi connectivity index (χ0v) is 7.77. The second kappa shape index (κ2) is 3.20. The van der Waals surface area contributed by atoms with Crippen molar-refractivity contribution in [3.05, 3.63) is 42.5 Å². The fourth-order valence-corrected chi connectivity index (χ4v) is 1.74. The Labute approximate surface area is 76.6 Å². The number of hydrogen-bond acceptors (Lipinski definition) is 1. The summed E-state index contributed by atoms with van der Waals surface area (Å²) >= 11 is 1.78. The van der Waals surface area contributed by atoms with Gasteiger partial charge in [0.05, 0.1) is 0 Å². The summed E-state index contributed by atoms with van der Waals surface area (Å²) in [7, 11) is 0. The van der Waals surface area contributed by atoms with Crippen LogP contribution in [0.25, 0.3) is 10.8 Å². The van der Waals surface area contributed by atoms with E-state index >= 15 is 0 Å². The van der Waals surface area contributed by atoms with Crippen molar-refractivity contribution in [3.8, 4) is 0 Å². The van der Waals surface area contributed by atoms with E-state index in [4.69, 9.17) is 0 Å². The van der Waals surface area contributed by atoms with Crippen LogP contribution in [0.4, 0.5) is 0 Å². The van der Waals surface area contributed by atoms with Gasteiger partial charge < -0.3 is 0 Å². The largest absolute Gasteiger partial charge is 0.130 e. The zero-order valence-electron chi connectivity index (χ0n) is 6.95. The molecule has 60 valence electrons. The van der Waals surface area contributed by atoms with Gasteiger partial charge in [-0.1, -0.05) is 30.3 Å². The molecule has 0 amide bonds. The molecule has 0 aromatic heterocycles. The molecule has 0 heterocycles. The first-order valence-corrected chi connectivity index (χ1v) is 5.15. The summed E-state index contributed by atoms with van der Waals surface area (Å²) in [5.41, 5.74) is 0. The van der Waals surface area contributed by atoms with Gasteiger partial charge in [-0.15, -0.1) is 11.8 Å². The van der Waals surface area contributed by atoms with Gasteiger partial charge in [0.15, 0.2) is 0 Å². The summed E-state index contributed by atoms with van der Waals surface area (Å²) in [5.74, 6) is 0. The van der Waals surface area contributed by atoms with Crippen LogP contribution in [-0.4, -0.2) is 6.26 Å². The lowest BCUT2D eigenvalue weighted by atomic mass is 10.1. The molecule has 0 saturated carbocycles. The quantitative estimate of drug-likeness (QED) is 0.596. The van der Waals surface area contributed by atoms with E-state index in [2.05, 4.69) is 48.7 Å².